The van der Waals surface area contributed by atoms with Crippen molar-refractivity contribution in [2.24, 2.45) is 5.73 Å². The van der Waals surface area contributed by atoms with Gasteiger partial charge in [-0.2, -0.15) is 0 Å². The van der Waals surface area contributed by atoms with E-state index in [9.17, 15) is 0 Å². The first-order valence-electron chi connectivity index (χ1n) is 5.99. The largest absolute Gasteiger partial charge is 0.325 e. The SMILES string of the molecule is CCCCC(N)(CC)Cc1ccc(Br)cn1. The Morgan fingerprint density at radius 1 is 1.38 bits per heavy atom. The maximum atomic E-state index is 6.40. The number of unbranched alkanes of at least 4 members (excludes halogenated alkanes) is 1. The number of rotatable bonds is 6. The van der Waals surface area contributed by atoms with Crippen LogP contribution >= 0.6 is 15.9 Å². The van der Waals surface area contributed by atoms with Gasteiger partial charge in [-0.15, -0.1) is 0 Å². The first-order valence-corrected chi connectivity index (χ1v) is 6.78. The fraction of sp³-hybridized carbons (Fsp3) is 0.615. The van der Waals surface area contributed by atoms with Gasteiger partial charge in [0.15, 0.2) is 0 Å². The Bertz CT molecular complexity index is 310. The van der Waals surface area contributed by atoms with Crippen LogP contribution in [0.25, 0.3) is 0 Å². The van der Waals surface area contributed by atoms with E-state index in [-0.39, 0.29) is 5.54 Å². The average molecular weight is 285 g/mol. The second-order valence-corrected chi connectivity index (χ2v) is 5.38. The average Bonchev–Trinajstić information content (AvgIpc) is 2.30. The zero-order chi connectivity index (χ0) is 12.0. The highest BCUT2D eigenvalue weighted by Crippen LogP contribution is 2.20. The zero-order valence-electron chi connectivity index (χ0n) is 10.2. The van der Waals surface area contributed by atoms with E-state index in [1.807, 2.05) is 18.3 Å². The second kappa shape index (κ2) is 6.36. The molecule has 0 bridgehead atoms. The Labute approximate surface area is 107 Å². The van der Waals surface area contributed by atoms with Gasteiger partial charge in [-0.1, -0.05) is 26.7 Å². The Morgan fingerprint density at radius 3 is 2.62 bits per heavy atom. The summed E-state index contributed by atoms with van der Waals surface area (Å²) in [4.78, 5) is 4.39. The van der Waals surface area contributed by atoms with E-state index in [1.165, 1.54) is 12.8 Å². The van der Waals surface area contributed by atoms with E-state index in [1.54, 1.807) is 0 Å². The van der Waals surface area contributed by atoms with Gasteiger partial charge in [0.05, 0.1) is 0 Å². The summed E-state index contributed by atoms with van der Waals surface area (Å²) in [5, 5.41) is 0. The van der Waals surface area contributed by atoms with Crippen molar-refractivity contribution < 1.29 is 0 Å². The van der Waals surface area contributed by atoms with Crippen LogP contribution in [0.1, 0.15) is 45.2 Å². The first-order chi connectivity index (χ1) is 7.59. The van der Waals surface area contributed by atoms with Gasteiger partial charge in [0.25, 0.3) is 0 Å². The molecule has 16 heavy (non-hydrogen) atoms. The molecule has 0 aromatic carbocycles. The molecule has 0 aliphatic rings. The number of hydrogen-bond donors (Lipinski definition) is 1. The minimum absolute atomic E-state index is 0.0865. The summed E-state index contributed by atoms with van der Waals surface area (Å²) in [5.74, 6) is 0. The molecule has 0 aliphatic heterocycles. The summed E-state index contributed by atoms with van der Waals surface area (Å²) in [6.45, 7) is 4.36. The minimum atomic E-state index is -0.0865. The lowest BCUT2D eigenvalue weighted by Gasteiger charge is -2.27. The van der Waals surface area contributed by atoms with Crippen molar-refractivity contribution in [1.29, 1.82) is 0 Å². The highest BCUT2D eigenvalue weighted by Gasteiger charge is 2.22. The number of pyridine rings is 1. The maximum Gasteiger partial charge on any atom is 0.0422 e. The molecule has 1 unspecified atom stereocenters. The zero-order valence-corrected chi connectivity index (χ0v) is 11.8. The summed E-state index contributed by atoms with van der Waals surface area (Å²) in [6.07, 6.45) is 7.19. The molecule has 0 saturated heterocycles. The third-order valence-electron chi connectivity index (χ3n) is 3.05. The lowest BCUT2D eigenvalue weighted by molar-refractivity contribution is 0.362. The molecular weight excluding hydrogens is 264 g/mol. The van der Waals surface area contributed by atoms with E-state index in [2.05, 4.69) is 34.8 Å². The van der Waals surface area contributed by atoms with E-state index in [0.717, 1.165) is 29.4 Å². The van der Waals surface area contributed by atoms with Crippen LogP contribution in [0.5, 0.6) is 0 Å². The third-order valence-corrected chi connectivity index (χ3v) is 3.52. The molecule has 1 heterocycles. The summed E-state index contributed by atoms with van der Waals surface area (Å²) in [7, 11) is 0. The second-order valence-electron chi connectivity index (χ2n) is 4.46. The van der Waals surface area contributed by atoms with Crippen LogP contribution in [0.15, 0.2) is 22.8 Å². The van der Waals surface area contributed by atoms with Crippen LogP contribution in [0, 0.1) is 0 Å². The smallest absolute Gasteiger partial charge is 0.0422 e. The Kier molecular flexibility index (Phi) is 5.42. The molecule has 0 aliphatic carbocycles. The molecule has 0 radical (unpaired) electrons. The van der Waals surface area contributed by atoms with Crippen molar-refractivity contribution in [2.45, 2.75) is 51.5 Å². The lowest BCUT2D eigenvalue weighted by atomic mass is 9.86. The van der Waals surface area contributed by atoms with Crippen LogP contribution in [0.4, 0.5) is 0 Å². The molecular formula is C13H21BrN2. The van der Waals surface area contributed by atoms with Gasteiger partial charge in [0.2, 0.25) is 0 Å². The van der Waals surface area contributed by atoms with Crippen LogP contribution in [0.2, 0.25) is 0 Å². The van der Waals surface area contributed by atoms with E-state index >= 15 is 0 Å². The fourth-order valence-electron chi connectivity index (χ4n) is 1.79. The molecule has 2 nitrogen and oxygen atoms in total. The number of aromatic nitrogens is 1. The minimum Gasteiger partial charge on any atom is -0.325 e. The van der Waals surface area contributed by atoms with Crippen molar-refractivity contribution in [3.8, 4) is 0 Å². The first kappa shape index (κ1) is 13.7. The summed E-state index contributed by atoms with van der Waals surface area (Å²) < 4.78 is 1.02. The molecule has 2 N–H and O–H groups in total. The van der Waals surface area contributed by atoms with Gasteiger partial charge in [-0.05, 0) is 40.9 Å². The molecule has 1 rings (SSSR count). The summed E-state index contributed by atoms with van der Waals surface area (Å²) in [5.41, 5.74) is 7.40. The summed E-state index contributed by atoms with van der Waals surface area (Å²) >= 11 is 3.39. The van der Waals surface area contributed by atoms with Crippen LogP contribution in [-0.2, 0) is 6.42 Å². The van der Waals surface area contributed by atoms with Gasteiger partial charge < -0.3 is 5.73 Å². The highest BCUT2D eigenvalue weighted by atomic mass is 79.9. The standard InChI is InChI=1S/C13H21BrN2/c1-3-5-8-13(15,4-2)9-12-7-6-11(14)10-16-12/h6-7,10H,3-5,8-9,15H2,1-2H3. The molecule has 90 valence electrons. The molecule has 1 aromatic heterocycles. The van der Waals surface area contributed by atoms with Crippen LogP contribution in [-0.4, -0.2) is 10.5 Å². The van der Waals surface area contributed by atoms with Gasteiger partial charge in [0, 0.05) is 28.3 Å². The third kappa shape index (κ3) is 4.22. The topological polar surface area (TPSA) is 38.9 Å². The normalized spacial score (nSPS) is 14.8. The fourth-order valence-corrected chi connectivity index (χ4v) is 2.03. The Hall–Kier alpha value is -0.410. The van der Waals surface area contributed by atoms with E-state index in [4.69, 9.17) is 5.73 Å². The van der Waals surface area contributed by atoms with E-state index in [0.29, 0.717) is 0 Å². The maximum absolute atomic E-state index is 6.40. The lowest BCUT2D eigenvalue weighted by Crippen LogP contribution is -2.41. The molecule has 0 spiro atoms. The molecule has 0 amide bonds. The van der Waals surface area contributed by atoms with Gasteiger partial charge in [0.1, 0.15) is 0 Å². The van der Waals surface area contributed by atoms with Crippen molar-refractivity contribution in [3.63, 3.8) is 0 Å². The van der Waals surface area contributed by atoms with Crippen LogP contribution < -0.4 is 5.73 Å². The van der Waals surface area contributed by atoms with Gasteiger partial charge in [-0.3, -0.25) is 4.98 Å². The van der Waals surface area contributed by atoms with Crippen molar-refractivity contribution in [1.82, 2.24) is 4.98 Å². The summed E-state index contributed by atoms with van der Waals surface area (Å²) in [6, 6.07) is 4.07. The van der Waals surface area contributed by atoms with Gasteiger partial charge >= 0.3 is 0 Å². The van der Waals surface area contributed by atoms with Crippen molar-refractivity contribution in [2.75, 3.05) is 0 Å². The molecule has 0 fully saturated rings. The number of nitrogens with zero attached hydrogens (tertiary/aromatic N) is 1. The Morgan fingerprint density at radius 2 is 2.12 bits per heavy atom. The number of hydrogen-bond acceptors (Lipinski definition) is 2. The molecule has 1 aromatic rings. The quantitative estimate of drug-likeness (QED) is 0.865. The predicted molar refractivity (Wildman–Crippen MR) is 72.4 cm³/mol. The predicted octanol–water partition coefficient (Wildman–Crippen LogP) is 3.68. The van der Waals surface area contributed by atoms with Crippen LogP contribution in [0.3, 0.4) is 0 Å². The van der Waals surface area contributed by atoms with Gasteiger partial charge in [-0.25, -0.2) is 0 Å². The van der Waals surface area contributed by atoms with Crippen molar-refractivity contribution in [3.05, 3.63) is 28.5 Å². The number of halogens is 1. The van der Waals surface area contributed by atoms with E-state index < -0.39 is 0 Å². The molecule has 3 heteroatoms. The highest BCUT2D eigenvalue weighted by molar-refractivity contribution is 9.10. The number of nitrogens with two attached hydrogens (primary N) is 1. The van der Waals surface area contributed by atoms with Crippen molar-refractivity contribution >= 4 is 15.9 Å². The molecule has 1 atom stereocenters. The molecule has 0 saturated carbocycles. The monoisotopic (exact) mass is 284 g/mol. The Balaban J connectivity index is 2.64.